The van der Waals surface area contributed by atoms with Gasteiger partial charge in [0.15, 0.2) is 0 Å². The van der Waals surface area contributed by atoms with Crippen LogP contribution in [0.25, 0.3) is 0 Å². The fourth-order valence-corrected chi connectivity index (χ4v) is 3.70. The lowest BCUT2D eigenvalue weighted by atomic mass is 9.84. The highest BCUT2D eigenvalue weighted by atomic mass is 16.1. The van der Waals surface area contributed by atoms with Gasteiger partial charge in [0.2, 0.25) is 0 Å². The van der Waals surface area contributed by atoms with E-state index in [1.165, 1.54) is 31.5 Å². The highest BCUT2D eigenvalue weighted by Gasteiger charge is 2.35. The zero-order valence-electron chi connectivity index (χ0n) is 13.0. The molecule has 21 heavy (non-hydrogen) atoms. The van der Waals surface area contributed by atoms with Gasteiger partial charge >= 0.3 is 0 Å². The van der Waals surface area contributed by atoms with Gasteiger partial charge in [0.1, 0.15) is 0 Å². The summed E-state index contributed by atoms with van der Waals surface area (Å²) in [6.45, 7) is 5.65. The predicted molar refractivity (Wildman–Crippen MR) is 85.5 cm³/mol. The molecule has 1 amide bonds. The topological polar surface area (TPSA) is 32.3 Å². The summed E-state index contributed by atoms with van der Waals surface area (Å²) in [5, 5.41) is 3.30. The highest BCUT2D eigenvalue weighted by Crippen LogP contribution is 2.27. The maximum absolute atomic E-state index is 12.6. The van der Waals surface area contributed by atoms with Crippen LogP contribution in [0.4, 0.5) is 0 Å². The molecule has 3 aliphatic heterocycles. The van der Waals surface area contributed by atoms with Gasteiger partial charge in [-0.1, -0.05) is 31.5 Å². The minimum atomic E-state index is 0.125. The molecule has 3 heteroatoms. The number of carbonyl (C=O) groups excluding carboxylic acids is 1. The van der Waals surface area contributed by atoms with Gasteiger partial charge in [0.25, 0.3) is 5.91 Å². The maximum Gasteiger partial charge on any atom is 0.251 e. The summed E-state index contributed by atoms with van der Waals surface area (Å²) in [6.07, 6.45) is 5.78. The zero-order valence-corrected chi connectivity index (χ0v) is 13.0. The first-order valence-electron chi connectivity index (χ1n) is 8.39. The molecule has 4 rings (SSSR count). The predicted octanol–water partition coefficient (Wildman–Crippen LogP) is 2.85. The number of hydrogen-bond donors (Lipinski definition) is 1. The Morgan fingerprint density at radius 2 is 2.05 bits per heavy atom. The molecule has 114 valence electrons. The van der Waals surface area contributed by atoms with E-state index < -0.39 is 0 Å². The van der Waals surface area contributed by atoms with Crippen molar-refractivity contribution in [3.05, 3.63) is 35.4 Å². The van der Waals surface area contributed by atoms with E-state index in [1.54, 1.807) is 0 Å². The van der Waals surface area contributed by atoms with Crippen LogP contribution >= 0.6 is 0 Å². The summed E-state index contributed by atoms with van der Waals surface area (Å²) in [5.41, 5.74) is 2.07. The van der Waals surface area contributed by atoms with E-state index in [1.807, 2.05) is 18.2 Å². The second kappa shape index (κ2) is 6.61. The number of unbranched alkanes of at least 4 members (excludes halogenated alkanes) is 1. The lowest BCUT2D eigenvalue weighted by molar-refractivity contribution is 0.0620. The first-order valence-corrected chi connectivity index (χ1v) is 8.39. The maximum atomic E-state index is 12.6. The zero-order chi connectivity index (χ0) is 14.7. The van der Waals surface area contributed by atoms with Crippen molar-refractivity contribution in [1.82, 2.24) is 10.2 Å². The number of hydrogen-bond acceptors (Lipinski definition) is 2. The minimum Gasteiger partial charge on any atom is -0.348 e. The van der Waals surface area contributed by atoms with Crippen molar-refractivity contribution in [2.75, 3.05) is 19.6 Å². The Bertz CT molecular complexity index is 492. The van der Waals surface area contributed by atoms with Gasteiger partial charge in [0, 0.05) is 18.2 Å². The van der Waals surface area contributed by atoms with Crippen LogP contribution in [0, 0.1) is 5.92 Å². The highest BCUT2D eigenvalue weighted by molar-refractivity contribution is 5.95. The molecule has 3 nitrogen and oxygen atoms in total. The fraction of sp³-hybridized carbons (Fsp3) is 0.611. The first kappa shape index (κ1) is 14.6. The standard InChI is InChI=1S/C18H26N2O/c1-2-3-6-14-7-4-5-8-16(14)18(21)19-17-13-20-11-9-15(17)10-12-20/h4-5,7-8,15,17H,2-3,6,9-13H2,1H3,(H,19,21)/t17-/m1/s1. The molecule has 1 aromatic carbocycles. The molecule has 0 radical (unpaired) electrons. The van der Waals surface area contributed by atoms with E-state index in [2.05, 4.69) is 23.2 Å². The van der Waals surface area contributed by atoms with Crippen LogP contribution in [0.1, 0.15) is 48.5 Å². The van der Waals surface area contributed by atoms with Crippen molar-refractivity contribution in [3.8, 4) is 0 Å². The van der Waals surface area contributed by atoms with Gasteiger partial charge in [-0.25, -0.2) is 0 Å². The second-order valence-corrected chi connectivity index (χ2v) is 6.48. The molecular weight excluding hydrogens is 260 g/mol. The molecule has 0 aromatic heterocycles. The van der Waals surface area contributed by atoms with Gasteiger partial charge in [-0.2, -0.15) is 0 Å². The Labute approximate surface area is 127 Å². The number of benzene rings is 1. The van der Waals surface area contributed by atoms with Crippen LogP contribution in [0.2, 0.25) is 0 Å². The molecule has 1 aromatic rings. The number of nitrogens with zero attached hydrogens (tertiary/aromatic N) is 1. The van der Waals surface area contributed by atoms with E-state index in [9.17, 15) is 4.79 Å². The molecule has 0 unspecified atom stereocenters. The molecule has 3 saturated heterocycles. The number of fused-ring (bicyclic) bond motifs is 3. The summed E-state index contributed by atoms with van der Waals surface area (Å²) < 4.78 is 0. The Hall–Kier alpha value is -1.35. The SMILES string of the molecule is CCCCc1ccccc1C(=O)N[C@@H]1CN2CCC1CC2. The van der Waals surface area contributed by atoms with Crippen LogP contribution in [0.15, 0.2) is 24.3 Å². The van der Waals surface area contributed by atoms with E-state index in [0.29, 0.717) is 12.0 Å². The lowest BCUT2D eigenvalue weighted by Gasteiger charge is -2.45. The van der Waals surface area contributed by atoms with Crippen LogP contribution in [0.5, 0.6) is 0 Å². The van der Waals surface area contributed by atoms with E-state index in [-0.39, 0.29) is 5.91 Å². The number of aryl methyl sites for hydroxylation is 1. The van der Waals surface area contributed by atoms with Crippen molar-refractivity contribution >= 4 is 5.91 Å². The van der Waals surface area contributed by atoms with E-state index in [4.69, 9.17) is 0 Å². The Kier molecular flexibility index (Phi) is 4.59. The molecule has 2 bridgehead atoms. The average molecular weight is 286 g/mol. The largest absolute Gasteiger partial charge is 0.348 e. The van der Waals surface area contributed by atoms with Crippen molar-refractivity contribution in [2.45, 2.75) is 45.1 Å². The summed E-state index contributed by atoms with van der Waals surface area (Å²) in [5.74, 6) is 0.808. The molecule has 3 fully saturated rings. The van der Waals surface area contributed by atoms with E-state index >= 15 is 0 Å². The summed E-state index contributed by atoms with van der Waals surface area (Å²) in [4.78, 5) is 15.1. The summed E-state index contributed by atoms with van der Waals surface area (Å²) >= 11 is 0. The molecule has 0 spiro atoms. The van der Waals surface area contributed by atoms with Gasteiger partial charge in [-0.3, -0.25) is 4.79 Å². The van der Waals surface area contributed by atoms with Gasteiger partial charge in [0.05, 0.1) is 0 Å². The second-order valence-electron chi connectivity index (χ2n) is 6.48. The number of rotatable bonds is 5. The molecule has 1 atom stereocenters. The third kappa shape index (κ3) is 3.29. The van der Waals surface area contributed by atoms with Crippen LogP contribution in [-0.4, -0.2) is 36.5 Å². The average Bonchev–Trinajstić information content (AvgIpc) is 2.54. The Morgan fingerprint density at radius 1 is 1.29 bits per heavy atom. The Balaban J connectivity index is 1.68. The molecular formula is C18H26N2O. The molecule has 1 N–H and O–H groups in total. The third-order valence-electron chi connectivity index (χ3n) is 5.03. The van der Waals surface area contributed by atoms with Crippen molar-refractivity contribution in [3.63, 3.8) is 0 Å². The minimum absolute atomic E-state index is 0.125. The van der Waals surface area contributed by atoms with E-state index in [0.717, 1.165) is 31.4 Å². The van der Waals surface area contributed by atoms with Gasteiger partial charge in [-0.05, 0) is 56.3 Å². The summed E-state index contributed by atoms with van der Waals surface area (Å²) in [7, 11) is 0. The van der Waals surface area contributed by atoms with Crippen LogP contribution in [-0.2, 0) is 6.42 Å². The number of carbonyl (C=O) groups is 1. The number of piperidine rings is 3. The monoisotopic (exact) mass is 286 g/mol. The normalized spacial score (nSPS) is 27.6. The van der Waals surface area contributed by atoms with Gasteiger partial charge in [-0.15, -0.1) is 0 Å². The van der Waals surface area contributed by atoms with Gasteiger partial charge < -0.3 is 10.2 Å². The van der Waals surface area contributed by atoms with Crippen LogP contribution < -0.4 is 5.32 Å². The Morgan fingerprint density at radius 3 is 2.71 bits per heavy atom. The summed E-state index contributed by atoms with van der Waals surface area (Å²) in [6, 6.07) is 8.43. The van der Waals surface area contributed by atoms with Crippen molar-refractivity contribution < 1.29 is 4.79 Å². The fourth-order valence-electron chi connectivity index (χ4n) is 3.70. The smallest absolute Gasteiger partial charge is 0.251 e. The third-order valence-corrected chi connectivity index (χ3v) is 5.03. The molecule has 0 saturated carbocycles. The number of nitrogens with one attached hydrogen (secondary N) is 1. The number of amides is 1. The van der Waals surface area contributed by atoms with Crippen molar-refractivity contribution in [2.24, 2.45) is 5.92 Å². The molecule has 3 heterocycles. The lowest BCUT2D eigenvalue weighted by Crippen LogP contribution is -2.57. The molecule has 0 aliphatic carbocycles. The van der Waals surface area contributed by atoms with Crippen molar-refractivity contribution in [1.29, 1.82) is 0 Å². The molecule has 3 aliphatic rings. The van der Waals surface area contributed by atoms with Crippen LogP contribution in [0.3, 0.4) is 0 Å². The quantitative estimate of drug-likeness (QED) is 0.902. The first-order chi connectivity index (χ1) is 10.3.